The van der Waals surface area contributed by atoms with Crippen molar-refractivity contribution in [2.24, 2.45) is 0 Å². The van der Waals surface area contributed by atoms with E-state index in [-0.39, 0.29) is 10.6 Å². The topological polar surface area (TPSA) is 56.3 Å². The first-order chi connectivity index (χ1) is 10.9. The quantitative estimate of drug-likeness (QED) is 0.684. The maximum atomic E-state index is 12.7. The number of benzene rings is 2. The molecule has 0 atom stereocenters. The number of aromatic nitrogens is 1. The van der Waals surface area contributed by atoms with Crippen LogP contribution in [0.3, 0.4) is 0 Å². The maximum absolute atomic E-state index is 12.7. The molecule has 1 aromatic heterocycles. The second-order valence-corrected chi connectivity index (χ2v) is 7.10. The van der Waals surface area contributed by atoms with Crippen molar-refractivity contribution >= 4 is 21.0 Å². The molecule has 0 saturated heterocycles. The summed E-state index contributed by atoms with van der Waals surface area (Å²) in [5.41, 5.74) is 2.86. The van der Waals surface area contributed by atoms with E-state index in [0.29, 0.717) is 11.1 Å². The van der Waals surface area contributed by atoms with Crippen LogP contribution in [0.4, 0.5) is 0 Å². The fraction of sp³-hybridized carbons (Fsp3) is 0.167. The van der Waals surface area contributed by atoms with E-state index in [2.05, 4.69) is 4.98 Å². The second kappa shape index (κ2) is 5.66. The van der Waals surface area contributed by atoms with Gasteiger partial charge in [0.15, 0.2) is 5.75 Å². The molecule has 23 heavy (non-hydrogen) atoms. The summed E-state index contributed by atoms with van der Waals surface area (Å²) in [6.07, 6.45) is 0. The molecule has 0 bridgehead atoms. The van der Waals surface area contributed by atoms with Crippen LogP contribution in [0.25, 0.3) is 10.9 Å². The Balaban J connectivity index is 2.11. The van der Waals surface area contributed by atoms with Gasteiger partial charge in [-0.2, -0.15) is 8.42 Å². The van der Waals surface area contributed by atoms with Crippen LogP contribution in [-0.4, -0.2) is 13.4 Å². The van der Waals surface area contributed by atoms with Gasteiger partial charge in [-0.3, -0.25) is 0 Å². The molecule has 0 spiro atoms. The Labute approximate surface area is 135 Å². The van der Waals surface area contributed by atoms with E-state index in [1.165, 1.54) is 0 Å². The van der Waals surface area contributed by atoms with Crippen molar-refractivity contribution in [1.29, 1.82) is 0 Å². The summed E-state index contributed by atoms with van der Waals surface area (Å²) in [6.45, 7) is 5.46. The molecule has 0 aliphatic heterocycles. The van der Waals surface area contributed by atoms with Gasteiger partial charge in [0.05, 0.1) is 0 Å². The summed E-state index contributed by atoms with van der Waals surface area (Å²) < 4.78 is 30.7. The van der Waals surface area contributed by atoms with Gasteiger partial charge in [-0.25, -0.2) is 4.98 Å². The number of hydrogen-bond donors (Lipinski definition) is 0. The zero-order valence-corrected chi connectivity index (χ0v) is 14.0. The van der Waals surface area contributed by atoms with E-state index < -0.39 is 10.1 Å². The zero-order chi connectivity index (χ0) is 16.6. The van der Waals surface area contributed by atoms with Crippen molar-refractivity contribution in [2.75, 3.05) is 0 Å². The first kappa shape index (κ1) is 15.5. The Kier molecular flexibility index (Phi) is 3.82. The molecule has 5 heteroatoms. The largest absolute Gasteiger partial charge is 0.377 e. The highest BCUT2D eigenvalue weighted by Crippen LogP contribution is 2.28. The van der Waals surface area contributed by atoms with E-state index >= 15 is 0 Å². The smallest absolute Gasteiger partial charge is 0.339 e. The van der Waals surface area contributed by atoms with Crippen molar-refractivity contribution in [1.82, 2.24) is 4.98 Å². The van der Waals surface area contributed by atoms with Crippen LogP contribution in [-0.2, 0) is 10.1 Å². The fourth-order valence-electron chi connectivity index (χ4n) is 2.42. The molecule has 0 aliphatic carbocycles. The number of aryl methyl sites for hydroxylation is 3. The standard InChI is InChI=1S/C18H17NO3S/c1-12-7-8-13(2)17(11-12)23(20,21)22-16-6-4-5-15-10-9-14(3)19-18(15)16/h4-11H,1-3H3. The van der Waals surface area contributed by atoms with E-state index in [1.807, 2.05) is 38.1 Å². The van der Waals surface area contributed by atoms with Crippen LogP contribution < -0.4 is 4.18 Å². The molecular weight excluding hydrogens is 310 g/mol. The van der Waals surface area contributed by atoms with E-state index in [9.17, 15) is 8.42 Å². The van der Waals surface area contributed by atoms with Gasteiger partial charge >= 0.3 is 10.1 Å². The van der Waals surface area contributed by atoms with Gasteiger partial charge in [-0.15, -0.1) is 0 Å². The number of nitrogens with zero attached hydrogens (tertiary/aromatic N) is 1. The third-order valence-corrected chi connectivity index (χ3v) is 5.01. The summed E-state index contributed by atoms with van der Waals surface area (Å²) in [5.74, 6) is 0.243. The molecule has 4 nitrogen and oxygen atoms in total. The SMILES string of the molecule is Cc1ccc(C)c(S(=O)(=O)Oc2cccc3ccc(C)nc23)c1. The van der Waals surface area contributed by atoms with Gasteiger partial charge < -0.3 is 4.18 Å². The lowest BCUT2D eigenvalue weighted by molar-refractivity contribution is 0.487. The molecule has 3 aromatic rings. The van der Waals surface area contributed by atoms with Crippen LogP contribution >= 0.6 is 0 Å². The zero-order valence-electron chi connectivity index (χ0n) is 13.2. The molecule has 1 heterocycles. The van der Waals surface area contributed by atoms with Crippen LogP contribution in [0.1, 0.15) is 16.8 Å². The number of pyridine rings is 1. The number of hydrogen-bond acceptors (Lipinski definition) is 4. The Morgan fingerprint density at radius 3 is 2.52 bits per heavy atom. The van der Waals surface area contributed by atoms with Crippen molar-refractivity contribution < 1.29 is 12.6 Å². The lowest BCUT2D eigenvalue weighted by atomic mass is 10.2. The summed E-state index contributed by atoms with van der Waals surface area (Å²) in [6, 6.07) is 14.3. The minimum absolute atomic E-state index is 0.183. The average molecular weight is 327 g/mol. The van der Waals surface area contributed by atoms with Gasteiger partial charge in [0.2, 0.25) is 0 Å². The molecule has 0 N–H and O–H groups in total. The first-order valence-electron chi connectivity index (χ1n) is 7.25. The van der Waals surface area contributed by atoms with Crippen LogP contribution in [0.5, 0.6) is 5.75 Å². The van der Waals surface area contributed by atoms with E-state index in [4.69, 9.17) is 4.18 Å². The van der Waals surface area contributed by atoms with Crippen LogP contribution in [0, 0.1) is 20.8 Å². The highest BCUT2D eigenvalue weighted by atomic mass is 32.2. The molecule has 0 saturated carbocycles. The van der Waals surface area contributed by atoms with Gasteiger partial charge in [-0.05, 0) is 50.1 Å². The normalized spacial score (nSPS) is 11.6. The van der Waals surface area contributed by atoms with E-state index in [0.717, 1.165) is 16.6 Å². The van der Waals surface area contributed by atoms with Crippen molar-refractivity contribution in [3.05, 3.63) is 65.4 Å². The van der Waals surface area contributed by atoms with Gasteiger partial charge in [0.25, 0.3) is 0 Å². The molecule has 0 aliphatic rings. The van der Waals surface area contributed by atoms with Gasteiger partial charge in [-0.1, -0.05) is 30.3 Å². The fourth-order valence-corrected chi connectivity index (χ4v) is 3.68. The third-order valence-electron chi connectivity index (χ3n) is 3.63. The minimum atomic E-state index is -3.91. The molecule has 118 valence electrons. The second-order valence-electron chi connectivity index (χ2n) is 5.59. The Hall–Kier alpha value is -2.40. The summed E-state index contributed by atoms with van der Waals surface area (Å²) in [7, 11) is -3.91. The number of rotatable bonds is 3. The number of fused-ring (bicyclic) bond motifs is 1. The summed E-state index contributed by atoms with van der Waals surface area (Å²) in [4.78, 5) is 4.59. The molecule has 3 rings (SSSR count). The lowest BCUT2D eigenvalue weighted by Gasteiger charge is -2.11. The summed E-state index contributed by atoms with van der Waals surface area (Å²) in [5, 5.41) is 0.837. The molecular formula is C18H17NO3S. The van der Waals surface area contributed by atoms with Crippen molar-refractivity contribution in [3.63, 3.8) is 0 Å². The molecule has 0 radical (unpaired) electrons. The molecule has 0 amide bonds. The van der Waals surface area contributed by atoms with E-state index in [1.54, 1.807) is 31.2 Å². The average Bonchev–Trinajstić information content (AvgIpc) is 2.50. The first-order valence-corrected chi connectivity index (χ1v) is 8.66. The Morgan fingerprint density at radius 2 is 1.74 bits per heavy atom. The highest BCUT2D eigenvalue weighted by Gasteiger charge is 2.21. The minimum Gasteiger partial charge on any atom is -0.377 e. The lowest BCUT2D eigenvalue weighted by Crippen LogP contribution is -2.12. The van der Waals surface area contributed by atoms with Crippen LogP contribution in [0.15, 0.2) is 53.4 Å². The molecule has 2 aromatic carbocycles. The molecule has 0 fully saturated rings. The molecule has 0 unspecified atom stereocenters. The predicted octanol–water partition coefficient (Wildman–Crippen LogP) is 3.93. The van der Waals surface area contributed by atoms with Crippen molar-refractivity contribution in [3.8, 4) is 5.75 Å². The third kappa shape index (κ3) is 3.05. The van der Waals surface area contributed by atoms with Crippen LogP contribution in [0.2, 0.25) is 0 Å². The van der Waals surface area contributed by atoms with Crippen molar-refractivity contribution in [2.45, 2.75) is 25.7 Å². The maximum Gasteiger partial charge on any atom is 0.339 e. The van der Waals surface area contributed by atoms with Gasteiger partial charge in [0, 0.05) is 11.1 Å². The Morgan fingerprint density at radius 1 is 0.957 bits per heavy atom. The number of para-hydroxylation sites is 1. The Bertz CT molecular complexity index is 994. The van der Waals surface area contributed by atoms with Gasteiger partial charge in [0.1, 0.15) is 10.4 Å². The predicted molar refractivity (Wildman–Crippen MR) is 90.2 cm³/mol. The summed E-state index contributed by atoms with van der Waals surface area (Å²) >= 11 is 0. The highest BCUT2D eigenvalue weighted by molar-refractivity contribution is 7.87. The monoisotopic (exact) mass is 327 g/mol.